The van der Waals surface area contributed by atoms with Gasteiger partial charge in [-0.25, -0.2) is 0 Å². The van der Waals surface area contributed by atoms with Gasteiger partial charge in [-0.1, -0.05) is 0 Å². The topological polar surface area (TPSA) is 53.1 Å². The summed E-state index contributed by atoms with van der Waals surface area (Å²) in [6.45, 7) is 2.03. The number of nitrogens with zero attached hydrogens (tertiary/aromatic N) is 2. The summed E-state index contributed by atoms with van der Waals surface area (Å²) in [6.07, 6.45) is 1.67. The number of hydrogen-bond acceptors (Lipinski definition) is 3. The van der Waals surface area contributed by atoms with E-state index in [1.54, 1.807) is 18.0 Å². The number of benzene rings is 1. The van der Waals surface area contributed by atoms with E-state index in [0.29, 0.717) is 5.69 Å². The second kappa shape index (κ2) is 3.89. The third-order valence-corrected chi connectivity index (χ3v) is 2.66. The Morgan fingerprint density at radius 3 is 2.62 bits per heavy atom. The molecule has 16 heavy (non-hydrogen) atoms. The third-order valence-electron chi connectivity index (χ3n) is 2.66. The van der Waals surface area contributed by atoms with Gasteiger partial charge in [-0.2, -0.15) is 5.10 Å². The first-order valence-corrected chi connectivity index (χ1v) is 5.06. The van der Waals surface area contributed by atoms with Crippen LogP contribution < -0.4 is 10.5 Å². The minimum absolute atomic E-state index is 0.691. The fourth-order valence-corrected chi connectivity index (χ4v) is 1.81. The van der Waals surface area contributed by atoms with Crippen LogP contribution in [0.2, 0.25) is 0 Å². The summed E-state index contributed by atoms with van der Waals surface area (Å²) in [7, 11) is 3.54. The van der Waals surface area contributed by atoms with E-state index in [2.05, 4.69) is 5.10 Å². The summed E-state index contributed by atoms with van der Waals surface area (Å²) in [6, 6.07) is 5.91. The van der Waals surface area contributed by atoms with Crippen LogP contribution in [-0.2, 0) is 7.05 Å². The monoisotopic (exact) mass is 217 g/mol. The van der Waals surface area contributed by atoms with Gasteiger partial charge < -0.3 is 10.5 Å². The summed E-state index contributed by atoms with van der Waals surface area (Å²) in [5, 5.41) is 4.14. The van der Waals surface area contributed by atoms with Crippen molar-refractivity contribution in [1.29, 1.82) is 0 Å². The first kappa shape index (κ1) is 10.5. The molecule has 4 heteroatoms. The van der Waals surface area contributed by atoms with Gasteiger partial charge in [0.2, 0.25) is 0 Å². The number of rotatable bonds is 2. The van der Waals surface area contributed by atoms with Crippen LogP contribution in [0.15, 0.2) is 24.4 Å². The van der Waals surface area contributed by atoms with Crippen LogP contribution >= 0.6 is 0 Å². The molecule has 4 nitrogen and oxygen atoms in total. The number of anilines is 1. The average molecular weight is 217 g/mol. The molecular weight excluding hydrogens is 202 g/mol. The van der Waals surface area contributed by atoms with E-state index in [1.807, 2.05) is 32.2 Å². The molecule has 0 bridgehead atoms. The molecule has 0 unspecified atom stereocenters. The maximum atomic E-state index is 5.90. The molecule has 0 aliphatic heterocycles. The Labute approximate surface area is 94.6 Å². The fraction of sp³-hybridized carbons (Fsp3) is 0.250. The lowest BCUT2D eigenvalue weighted by Crippen LogP contribution is -1.97. The lowest BCUT2D eigenvalue weighted by molar-refractivity contribution is 0.414. The minimum atomic E-state index is 0.691. The van der Waals surface area contributed by atoms with Crippen molar-refractivity contribution in [3.8, 4) is 17.0 Å². The Kier molecular flexibility index (Phi) is 2.56. The second-order valence-corrected chi connectivity index (χ2v) is 3.75. The summed E-state index contributed by atoms with van der Waals surface area (Å²) < 4.78 is 6.96. The Hall–Kier alpha value is -1.97. The molecule has 0 saturated heterocycles. The Bertz CT molecular complexity index is 497. The first-order chi connectivity index (χ1) is 7.63. The van der Waals surface area contributed by atoms with Gasteiger partial charge in [-0.15, -0.1) is 0 Å². The van der Waals surface area contributed by atoms with E-state index in [0.717, 1.165) is 22.6 Å². The minimum Gasteiger partial charge on any atom is -0.497 e. The van der Waals surface area contributed by atoms with E-state index in [9.17, 15) is 0 Å². The average Bonchev–Trinajstić information content (AvgIpc) is 2.59. The molecule has 2 aromatic rings. The summed E-state index contributed by atoms with van der Waals surface area (Å²) >= 11 is 0. The zero-order valence-electron chi connectivity index (χ0n) is 9.69. The van der Waals surface area contributed by atoms with E-state index in [1.165, 1.54) is 0 Å². The molecule has 0 saturated carbocycles. The molecule has 0 aliphatic carbocycles. The summed E-state index contributed by atoms with van der Waals surface area (Å²) in [5.74, 6) is 0.849. The molecule has 0 amide bonds. The lowest BCUT2D eigenvalue weighted by Gasteiger charge is -2.09. The standard InChI is InChI=1S/C12H15N3O/c1-8-6-9(16-3)4-5-10(8)12-11(13)7-14-15(12)2/h4-7H,13H2,1-3H3. The zero-order valence-corrected chi connectivity index (χ0v) is 9.69. The molecule has 1 heterocycles. The van der Waals surface area contributed by atoms with Crippen molar-refractivity contribution in [2.45, 2.75) is 6.92 Å². The van der Waals surface area contributed by atoms with Crippen LogP contribution in [0.25, 0.3) is 11.3 Å². The number of hydrogen-bond donors (Lipinski definition) is 1. The molecule has 1 aromatic carbocycles. The Balaban J connectivity index is 2.57. The van der Waals surface area contributed by atoms with E-state index < -0.39 is 0 Å². The molecule has 2 rings (SSSR count). The molecule has 0 aliphatic rings. The molecule has 84 valence electrons. The Morgan fingerprint density at radius 1 is 1.38 bits per heavy atom. The molecule has 1 aromatic heterocycles. The summed E-state index contributed by atoms with van der Waals surface area (Å²) in [5.41, 5.74) is 9.74. The van der Waals surface area contributed by atoms with Crippen molar-refractivity contribution in [1.82, 2.24) is 9.78 Å². The van der Waals surface area contributed by atoms with Crippen LogP contribution in [0, 0.1) is 6.92 Å². The smallest absolute Gasteiger partial charge is 0.119 e. The number of methoxy groups -OCH3 is 1. The lowest BCUT2D eigenvalue weighted by atomic mass is 10.0. The fourth-order valence-electron chi connectivity index (χ4n) is 1.81. The van der Waals surface area contributed by atoms with Gasteiger partial charge in [0.1, 0.15) is 5.75 Å². The molecule has 0 spiro atoms. The van der Waals surface area contributed by atoms with Gasteiger partial charge in [0.25, 0.3) is 0 Å². The number of nitrogen functional groups attached to an aromatic ring is 1. The molecule has 0 atom stereocenters. The van der Waals surface area contributed by atoms with Gasteiger partial charge >= 0.3 is 0 Å². The van der Waals surface area contributed by atoms with E-state index in [-0.39, 0.29) is 0 Å². The van der Waals surface area contributed by atoms with Crippen LogP contribution in [0.4, 0.5) is 5.69 Å². The van der Waals surface area contributed by atoms with E-state index >= 15 is 0 Å². The van der Waals surface area contributed by atoms with Crippen LogP contribution in [-0.4, -0.2) is 16.9 Å². The van der Waals surface area contributed by atoms with Gasteiger partial charge in [-0.3, -0.25) is 4.68 Å². The van der Waals surface area contributed by atoms with Gasteiger partial charge in [-0.05, 0) is 30.7 Å². The highest BCUT2D eigenvalue weighted by Gasteiger charge is 2.11. The van der Waals surface area contributed by atoms with E-state index in [4.69, 9.17) is 10.5 Å². The number of ether oxygens (including phenoxy) is 1. The largest absolute Gasteiger partial charge is 0.497 e. The highest BCUT2D eigenvalue weighted by molar-refractivity contribution is 5.75. The first-order valence-electron chi connectivity index (χ1n) is 5.06. The van der Waals surface area contributed by atoms with Crippen LogP contribution in [0.1, 0.15) is 5.56 Å². The quantitative estimate of drug-likeness (QED) is 0.836. The molecular formula is C12H15N3O. The van der Waals surface area contributed by atoms with Crippen molar-refractivity contribution in [3.05, 3.63) is 30.0 Å². The highest BCUT2D eigenvalue weighted by Crippen LogP contribution is 2.30. The van der Waals surface area contributed by atoms with Gasteiger partial charge in [0, 0.05) is 12.6 Å². The second-order valence-electron chi connectivity index (χ2n) is 3.75. The van der Waals surface area contributed by atoms with Crippen molar-refractivity contribution >= 4 is 5.69 Å². The van der Waals surface area contributed by atoms with Crippen LogP contribution in [0.3, 0.4) is 0 Å². The predicted octanol–water partition coefficient (Wildman–Crippen LogP) is 1.99. The SMILES string of the molecule is COc1ccc(-c2c(N)cnn2C)c(C)c1. The van der Waals surface area contributed by atoms with Crippen molar-refractivity contribution in [3.63, 3.8) is 0 Å². The van der Waals surface area contributed by atoms with Crippen molar-refractivity contribution in [2.24, 2.45) is 7.05 Å². The molecule has 0 fully saturated rings. The van der Waals surface area contributed by atoms with Gasteiger partial charge in [0.05, 0.1) is 24.7 Å². The Morgan fingerprint density at radius 2 is 2.12 bits per heavy atom. The number of nitrogens with two attached hydrogens (primary N) is 1. The number of aromatic nitrogens is 2. The highest BCUT2D eigenvalue weighted by atomic mass is 16.5. The normalized spacial score (nSPS) is 10.4. The third kappa shape index (κ3) is 1.62. The molecule has 0 radical (unpaired) electrons. The number of aryl methyl sites for hydroxylation is 2. The van der Waals surface area contributed by atoms with Crippen molar-refractivity contribution in [2.75, 3.05) is 12.8 Å². The zero-order chi connectivity index (χ0) is 11.7. The maximum Gasteiger partial charge on any atom is 0.119 e. The maximum absolute atomic E-state index is 5.90. The van der Waals surface area contributed by atoms with Crippen LogP contribution in [0.5, 0.6) is 5.75 Å². The predicted molar refractivity (Wildman–Crippen MR) is 64.3 cm³/mol. The van der Waals surface area contributed by atoms with Gasteiger partial charge in [0.15, 0.2) is 0 Å². The summed E-state index contributed by atoms with van der Waals surface area (Å²) in [4.78, 5) is 0. The molecule has 2 N–H and O–H groups in total. The van der Waals surface area contributed by atoms with Crippen molar-refractivity contribution < 1.29 is 4.74 Å².